The zero-order chi connectivity index (χ0) is 13.2. The average molecular weight is 235 g/mol. The number of primary amides is 1. The van der Waals surface area contributed by atoms with Crippen molar-refractivity contribution in [3.8, 4) is 0 Å². The van der Waals surface area contributed by atoms with Gasteiger partial charge >= 0.3 is 0 Å². The Balaban J connectivity index is 2.98. The third-order valence-corrected chi connectivity index (χ3v) is 2.55. The van der Waals surface area contributed by atoms with Gasteiger partial charge in [0.2, 0.25) is 5.91 Å². The molecule has 5 heteroatoms. The van der Waals surface area contributed by atoms with Crippen LogP contribution in [0, 0.1) is 6.92 Å². The summed E-state index contributed by atoms with van der Waals surface area (Å²) in [5.41, 5.74) is 11.4. The van der Waals surface area contributed by atoms with E-state index in [2.05, 4.69) is 5.32 Å². The predicted molar refractivity (Wildman–Crippen MR) is 66.3 cm³/mol. The number of nitrogens with two attached hydrogens (primary N) is 2. The van der Waals surface area contributed by atoms with Crippen LogP contribution in [0.3, 0.4) is 0 Å². The topological polar surface area (TPSA) is 98.2 Å². The van der Waals surface area contributed by atoms with Crippen molar-refractivity contribution in [1.82, 2.24) is 5.32 Å². The number of anilines is 1. The highest BCUT2D eigenvalue weighted by Gasteiger charge is 2.27. The largest absolute Gasteiger partial charge is 0.399 e. The summed E-state index contributed by atoms with van der Waals surface area (Å²) in [4.78, 5) is 23.1. The highest BCUT2D eigenvalue weighted by Crippen LogP contribution is 2.14. The summed E-state index contributed by atoms with van der Waals surface area (Å²) in [7, 11) is 0. The molecule has 1 rings (SSSR count). The lowest BCUT2D eigenvalue weighted by Gasteiger charge is -2.22. The Hall–Kier alpha value is -2.04. The normalized spacial score (nSPS) is 11.0. The zero-order valence-electron chi connectivity index (χ0n) is 10.2. The summed E-state index contributed by atoms with van der Waals surface area (Å²) in [6.07, 6.45) is 0. The SMILES string of the molecule is Cc1ccc(N)cc1C(=O)NC(C)(C)C(N)=O. The molecule has 0 aromatic heterocycles. The first kappa shape index (κ1) is 13.0. The lowest BCUT2D eigenvalue weighted by molar-refractivity contribution is -0.122. The maximum atomic E-state index is 12.0. The predicted octanol–water partition coefficient (Wildman–Crippen LogP) is 0.571. The Labute approximate surface area is 100 Å². The van der Waals surface area contributed by atoms with Crippen LogP contribution in [-0.2, 0) is 4.79 Å². The highest BCUT2D eigenvalue weighted by molar-refractivity contribution is 6.00. The molecule has 0 radical (unpaired) electrons. The molecule has 0 atom stereocenters. The Morgan fingerprint density at radius 2 is 1.88 bits per heavy atom. The molecule has 17 heavy (non-hydrogen) atoms. The third-order valence-electron chi connectivity index (χ3n) is 2.55. The monoisotopic (exact) mass is 235 g/mol. The number of nitrogens with one attached hydrogen (secondary N) is 1. The van der Waals surface area contributed by atoms with Crippen molar-refractivity contribution in [2.45, 2.75) is 26.3 Å². The second-order valence-electron chi connectivity index (χ2n) is 4.52. The summed E-state index contributed by atoms with van der Waals surface area (Å²) in [6, 6.07) is 5.04. The number of rotatable bonds is 3. The summed E-state index contributed by atoms with van der Waals surface area (Å²) >= 11 is 0. The van der Waals surface area contributed by atoms with Crippen LogP contribution in [0.5, 0.6) is 0 Å². The molecule has 0 unspecified atom stereocenters. The molecule has 0 aliphatic carbocycles. The van der Waals surface area contributed by atoms with Crippen molar-refractivity contribution >= 4 is 17.5 Å². The second kappa shape index (κ2) is 4.45. The molecular formula is C12H17N3O2. The average Bonchev–Trinajstić information content (AvgIpc) is 2.20. The molecule has 0 fully saturated rings. The van der Waals surface area contributed by atoms with Crippen LogP contribution in [-0.4, -0.2) is 17.4 Å². The van der Waals surface area contributed by atoms with Gasteiger partial charge in [-0.15, -0.1) is 0 Å². The summed E-state index contributed by atoms with van der Waals surface area (Å²) in [6.45, 7) is 4.90. The molecule has 0 saturated heterocycles. The first-order valence-electron chi connectivity index (χ1n) is 5.22. The molecule has 5 nitrogen and oxygen atoms in total. The van der Waals surface area contributed by atoms with Gasteiger partial charge in [0.25, 0.3) is 5.91 Å². The van der Waals surface area contributed by atoms with Crippen molar-refractivity contribution in [3.05, 3.63) is 29.3 Å². The molecule has 92 valence electrons. The van der Waals surface area contributed by atoms with Crippen LogP contribution in [0.1, 0.15) is 29.8 Å². The zero-order valence-corrected chi connectivity index (χ0v) is 10.2. The van der Waals surface area contributed by atoms with Crippen molar-refractivity contribution in [3.63, 3.8) is 0 Å². The maximum absolute atomic E-state index is 12.0. The minimum atomic E-state index is -1.09. The fraction of sp³-hybridized carbons (Fsp3) is 0.333. The van der Waals surface area contributed by atoms with Gasteiger partial charge in [0, 0.05) is 11.3 Å². The molecule has 0 heterocycles. The first-order chi connectivity index (χ1) is 7.74. The molecule has 0 bridgehead atoms. The van der Waals surface area contributed by atoms with E-state index >= 15 is 0 Å². The van der Waals surface area contributed by atoms with E-state index in [-0.39, 0.29) is 5.91 Å². The number of aryl methyl sites for hydroxylation is 1. The molecule has 0 aliphatic rings. The van der Waals surface area contributed by atoms with Crippen molar-refractivity contribution in [2.24, 2.45) is 5.73 Å². The molecule has 0 spiro atoms. The first-order valence-corrected chi connectivity index (χ1v) is 5.22. The number of nitrogen functional groups attached to an aromatic ring is 1. The molecule has 1 aromatic carbocycles. The molecular weight excluding hydrogens is 218 g/mol. The molecule has 2 amide bonds. The van der Waals surface area contributed by atoms with Crippen LogP contribution in [0.4, 0.5) is 5.69 Å². The second-order valence-corrected chi connectivity index (χ2v) is 4.52. The maximum Gasteiger partial charge on any atom is 0.252 e. The van der Waals surface area contributed by atoms with Crippen molar-refractivity contribution in [2.75, 3.05) is 5.73 Å². The van der Waals surface area contributed by atoms with Crippen LogP contribution >= 0.6 is 0 Å². The number of benzene rings is 1. The van der Waals surface area contributed by atoms with E-state index in [1.54, 1.807) is 39.0 Å². The van der Waals surface area contributed by atoms with Gasteiger partial charge in [-0.1, -0.05) is 6.07 Å². The molecule has 5 N–H and O–H groups in total. The third kappa shape index (κ3) is 2.96. The number of amides is 2. The standard InChI is InChI=1S/C12H17N3O2/c1-7-4-5-8(13)6-9(7)10(16)15-12(2,3)11(14)17/h4-6H,13H2,1-3H3,(H2,14,17)(H,15,16). The molecule has 0 saturated carbocycles. The van der Waals surface area contributed by atoms with Crippen LogP contribution in [0.25, 0.3) is 0 Å². The van der Waals surface area contributed by atoms with Crippen molar-refractivity contribution in [1.29, 1.82) is 0 Å². The highest BCUT2D eigenvalue weighted by atomic mass is 16.2. The van der Waals surface area contributed by atoms with Gasteiger partial charge in [-0.05, 0) is 38.5 Å². The van der Waals surface area contributed by atoms with Gasteiger partial charge in [-0.25, -0.2) is 0 Å². The minimum Gasteiger partial charge on any atom is -0.399 e. The van der Waals surface area contributed by atoms with Crippen LogP contribution < -0.4 is 16.8 Å². The molecule has 0 aliphatic heterocycles. The van der Waals surface area contributed by atoms with Gasteiger partial charge in [0.15, 0.2) is 0 Å². The van der Waals surface area contributed by atoms with E-state index in [9.17, 15) is 9.59 Å². The number of carbonyl (C=O) groups excluding carboxylic acids is 2. The van der Waals surface area contributed by atoms with E-state index in [1.807, 2.05) is 0 Å². The van der Waals surface area contributed by atoms with Gasteiger partial charge in [-0.2, -0.15) is 0 Å². The number of hydrogen-bond donors (Lipinski definition) is 3. The Morgan fingerprint density at radius 1 is 1.29 bits per heavy atom. The van der Waals surface area contributed by atoms with Crippen LogP contribution in [0.15, 0.2) is 18.2 Å². The summed E-state index contributed by atoms with van der Waals surface area (Å²) < 4.78 is 0. The lowest BCUT2D eigenvalue weighted by Crippen LogP contribution is -2.53. The summed E-state index contributed by atoms with van der Waals surface area (Å²) in [5.74, 6) is -0.953. The molecule has 1 aromatic rings. The number of hydrogen-bond acceptors (Lipinski definition) is 3. The van der Waals surface area contributed by atoms with Gasteiger partial charge in [0.1, 0.15) is 5.54 Å². The van der Waals surface area contributed by atoms with Gasteiger partial charge in [0.05, 0.1) is 0 Å². The van der Waals surface area contributed by atoms with Crippen molar-refractivity contribution < 1.29 is 9.59 Å². The fourth-order valence-electron chi connectivity index (χ4n) is 1.30. The Morgan fingerprint density at radius 3 is 2.41 bits per heavy atom. The van der Waals surface area contributed by atoms with E-state index in [0.717, 1.165) is 5.56 Å². The minimum absolute atomic E-state index is 0.362. The Kier molecular flexibility index (Phi) is 3.41. The van der Waals surface area contributed by atoms with E-state index in [4.69, 9.17) is 11.5 Å². The van der Waals surface area contributed by atoms with Gasteiger partial charge in [-0.3, -0.25) is 9.59 Å². The van der Waals surface area contributed by atoms with E-state index in [0.29, 0.717) is 11.3 Å². The van der Waals surface area contributed by atoms with E-state index < -0.39 is 11.4 Å². The van der Waals surface area contributed by atoms with Crippen LogP contribution in [0.2, 0.25) is 0 Å². The fourth-order valence-corrected chi connectivity index (χ4v) is 1.30. The van der Waals surface area contributed by atoms with Gasteiger partial charge < -0.3 is 16.8 Å². The lowest BCUT2D eigenvalue weighted by atomic mass is 10.0. The Bertz CT molecular complexity index is 467. The number of carbonyl (C=O) groups is 2. The van der Waals surface area contributed by atoms with E-state index in [1.165, 1.54) is 0 Å². The smallest absolute Gasteiger partial charge is 0.252 e. The quantitative estimate of drug-likeness (QED) is 0.668. The summed E-state index contributed by atoms with van der Waals surface area (Å²) in [5, 5.41) is 2.57.